The minimum absolute atomic E-state index is 0.0904. The first kappa shape index (κ1) is 17.2. The number of nitrogens with one attached hydrogen (secondary N) is 1. The van der Waals surface area contributed by atoms with Crippen LogP contribution in [0.3, 0.4) is 0 Å². The second-order valence-corrected chi connectivity index (χ2v) is 6.12. The Kier molecular flexibility index (Phi) is 5.50. The molecule has 3 rings (SSSR count). The molecule has 1 aliphatic rings. The number of carbonyl (C=O) groups excluding carboxylic acids is 1. The lowest BCUT2D eigenvalue weighted by Crippen LogP contribution is -2.50. The molecule has 0 spiro atoms. The summed E-state index contributed by atoms with van der Waals surface area (Å²) in [7, 11) is 1.68. The summed E-state index contributed by atoms with van der Waals surface area (Å²) in [4.78, 5) is 20.7. The predicted octanol–water partition coefficient (Wildman–Crippen LogP) is 3.00. The average molecular weight is 340 g/mol. The van der Waals surface area contributed by atoms with Gasteiger partial charge in [0.1, 0.15) is 11.6 Å². The Labute approximate surface area is 148 Å². The Morgan fingerprint density at radius 1 is 1.16 bits per heavy atom. The maximum absolute atomic E-state index is 12.3. The van der Waals surface area contributed by atoms with Gasteiger partial charge in [-0.25, -0.2) is 9.78 Å². The van der Waals surface area contributed by atoms with E-state index >= 15 is 0 Å². The quantitative estimate of drug-likeness (QED) is 0.929. The molecule has 1 N–H and O–H groups in total. The summed E-state index contributed by atoms with van der Waals surface area (Å²) in [5.41, 5.74) is 1.23. The number of carbonyl (C=O) groups is 1. The van der Waals surface area contributed by atoms with Crippen LogP contribution in [0.5, 0.6) is 5.75 Å². The van der Waals surface area contributed by atoms with Crippen LogP contribution in [0.4, 0.5) is 10.6 Å². The topological polar surface area (TPSA) is 57.7 Å². The van der Waals surface area contributed by atoms with Crippen molar-refractivity contribution in [2.75, 3.05) is 38.6 Å². The van der Waals surface area contributed by atoms with E-state index in [0.29, 0.717) is 18.9 Å². The molecule has 1 fully saturated rings. The molecule has 1 atom stereocenters. The molecule has 132 valence electrons. The molecular weight excluding hydrogens is 316 g/mol. The van der Waals surface area contributed by atoms with E-state index in [9.17, 15) is 4.79 Å². The van der Waals surface area contributed by atoms with E-state index in [1.807, 2.05) is 29.2 Å². The first-order chi connectivity index (χ1) is 12.2. The molecule has 6 nitrogen and oxygen atoms in total. The number of rotatable bonds is 4. The lowest BCUT2D eigenvalue weighted by molar-refractivity contribution is 0.119. The van der Waals surface area contributed by atoms with Crippen molar-refractivity contribution >= 4 is 11.8 Å². The van der Waals surface area contributed by atoms with Gasteiger partial charge in [-0.15, -0.1) is 0 Å². The number of urea groups is 1. The van der Waals surface area contributed by atoms with Gasteiger partial charge in [0.2, 0.25) is 0 Å². The minimum atomic E-state index is -0.0904. The van der Waals surface area contributed by atoms with Gasteiger partial charge < -0.3 is 9.64 Å². The minimum Gasteiger partial charge on any atom is -0.497 e. The monoisotopic (exact) mass is 340 g/mol. The number of methoxy groups -OCH3 is 1. The van der Waals surface area contributed by atoms with E-state index < -0.39 is 0 Å². The van der Waals surface area contributed by atoms with Crippen LogP contribution in [0.1, 0.15) is 18.5 Å². The molecule has 1 aliphatic heterocycles. The maximum Gasteiger partial charge on any atom is 0.323 e. The lowest BCUT2D eigenvalue weighted by Gasteiger charge is -2.38. The number of aromatic nitrogens is 1. The van der Waals surface area contributed by atoms with E-state index in [-0.39, 0.29) is 12.1 Å². The Morgan fingerprint density at radius 2 is 1.96 bits per heavy atom. The highest BCUT2D eigenvalue weighted by Gasteiger charge is 2.25. The number of nitrogens with zero attached hydrogens (tertiary/aromatic N) is 3. The van der Waals surface area contributed by atoms with Gasteiger partial charge >= 0.3 is 6.03 Å². The summed E-state index contributed by atoms with van der Waals surface area (Å²) in [6.45, 7) is 5.28. The molecule has 1 saturated heterocycles. The normalized spacial score (nSPS) is 16.3. The number of anilines is 1. The van der Waals surface area contributed by atoms with E-state index in [1.165, 1.54) is 5.56 Å². The third-order valence-corrected chi connectivity index (χ3v) is 4.63. The highest BCUT2D eigenvalue weighted by molar-refractivity contribution is 5.88. The van der Waals surface area contributed by atoms with Crippen molar-refractivity contribution in [3.63, 3.8) is 0 Å². The molecule has 6 heteroatoms. The highest BCUT2D eigenvalue weighted by atomic mass is 16.5. The van der Waals surface area contributed by atoms with Gasteiger partial charge in [0.05, 0.1) is 7.11 Å². The van der Waals surface area contributed by atoms with Crippen LogP contribution in [-0.4, -0.2) is 54.1 Å². The molecule has 25 heavy (non-hydrogen) atoms. The van der Waals surface area contributed by atoms with Crippen molar-refractivity contribution < 1.29 is 9.53 Å². The van der Waals surface area contributed by atoms with E-state index in [2.05, 4.69) is 34.3 Å². The number of ether oxygens (including phenoxy) is 1. The number of amides is 2. The fraction of sp³-hybridized carbons (Fsp3) is 0.368. The standard InChI is InChI=1S/C19H24N4O2/c1-15(16-6-5-7-17(14-16)25-2)22-10-12-23(13-11-22)19(24)21-18-8-3-4-9-20-18/h3-9,14-15H,10-13H2,1-2H3,(H,20,21,24). The zero-order chi connectivity index (χ0) is 17.6. The van der Waals surface area contributed by atoms with Crippen LogP contribution in [0, 0.1) is 0 Å². The zero-order valence-corrected chi connectivity index (χ0v) is 14.7. The average Bonchev–Trinajstić information content (AvgIpc) is 2.68. The Morgan fingerprint density at radius 3 is 2.64 bits per heavy atom. The van der Waals surface area contributed by atoms with Crippen molar-refractivity contribution in [3.05, 3.63) is 54.2 Å². The predicted molar refractivity (Wildman–Crippen MR) is 97.8 cm³/mol. The fourth-order valence-corrected chi connectivity index (χ4v) is 3.05. The third kappa shape index (κ3) is 4.28. The summed E-state index contributed by atoms with van der Waals surface area (Å²) < 4.78 is 5.31. The van der Waals surface area contributed by atoms with Crippen LogP contribution >= 0.6 is 0 Å². The fourth-order valence-electron chi connectivity index (χ4n) is 3.05. The van der Waals surface area contributed by atoms with E-state index in [4.69, 9.17) is 4.74 Å². The number of pyridine rings is 1. The molecule has 1 aromatic carbocycles. The van der Waals surface area contributed by atoms with Crippen LogP contribution in [0.15, 0.2) is 48.7 Å². The summed E-state index contributed by atoms with van der Waals surface area (Å²) in [6.07, 6.45) is 1.67. The second-order valence-electron chi connectivity index (χ2n) is 6.12. The molecule has 2 heterocycles. The number of hydrogen-bond acceptors (Lipinski definition) is 4. The largest absolute Gasteiger partial charge is 0.497 e. The molecule has 0 saturated carbocycles. The van der Waals surface area contributed by atoms with E-state index in [0.717, 1.165) is 18.8 Å². The van der Waals surface area contributed by atoms with Crippen molar-refractivity contribution in [1.82, 2.24) is 14.8 Å². The number of hydrogen-bond donors (Lipinski definition) is 1. The van der Waals surface area contributed by atoms with Crippen LogP contribution in [0.2, 0.25) is 0 Å². The van der Waals surface area contributed by atoms with Gasteiger partial charge in [0, 0.05) is 38.4 Å². The summed E-state index contributed by atoms with van der Waals surface area (Å²) in [5.74, 6) is 1.46. The maximum atomic E-state index is 12.3. The van der Waals surface area contributed by atoms with Gasteiger partial charge in [-0.1, -0.05) is 18.2 Å². The third-order valence-electron chi connectivity index (χ3n) is 4.63. The van der Waals surface area contributed by atoms with Gasteiger partial charge in [-0.2, -0.15) is 0 Å². The molecule has 0 radical (unpaired) electrons. The Balaban J connectivity index is 1.55. The van der Waals surface area contributed by atoms with Crippen LogP contribution < -0.4 is 10.1 Å². The molecule has 2 amide bonds. The van der Waals surface area contributed by atoms with Crippen molar-refractivity contribution in [2.24, 2.45) is 0 Å². The Hall–Kier alpha value is -2.60. The van der Waals surface area contributed by atoms with Gasteiger partial charge in [0.15, 0.2) is 0 Å². The number of benzene rings is 1. The molecular formula is C19H24N4O2. The van der Waals surface area contributed by atoms with Crippen LogP contribution in [0.25, 0.3) is 0 Å². The van der Waals surface area contributed by atoms with Crippen LogP contribution in [-0.2, 0) is 0 Å². The van der Waals surface area contributed by atoms with Crippen molar-refractivity contribution in [1.29, 1.82) is 0 Å². The smallest absolute Gasteiger partial charge is 0.323 e. The van der Waals surface area contributed by atoms with Crippen molar-refractivity contribution in [3.8, 4) is 5.75 Å². The molecule has 1 unspecified atom stereocenters. The first-order valence-corrected chi connectivity index (χ1v) is 8.52. The Bertz CT molecular complexity index is 700. The summed E-state index contributed by atoms with van der Waals surface area (Å²) >= 11 is 0. The van der Waals surface area contributed by atoms with E-state index in [1.54, 1.807) is 19.4 Å². The lowest BCUT2D eigenvalue weighted by atomic mass is 10.1. The van der Waals surface area contributed by atoms with Crippen molar-refractivity contribution in [2.45, 2.75) is 13.0 Å². The molecule has 2 aromatic rings. The zero-order valence-electron chi connectivity index (χ0n) is 14.7. The number of piperazine rings is 1. The van der Waals surface area contributed by atoms with Gasteiger partial charge in [-0.05, 0) is 36.8 Å². The molecule has 0 bridgehead atoms. The summed E-state index contributed by atoms with van der Waals surface area (Å²) in [6, 6.07) is 13.8. The first-order valence-electron chi connectivity index (χ1n) is 8.52. The van der Waals surface area contributed by atoms with Gasteiger partial charge in [0.25, 0.3) is 0 Å². The molecule has 1 aromatic heterocycles. The molecule has 0 aliphatic carbocycles. The SMILES string of the molecule is COc1cccc(C(C)N2CCN(C(=O)Nc3ccccn3)CC2)c1. The second kappa shape index (κ2) is 7.98. The highest BCUT2D eigenvalue weighted by Crippen LogP contribution is 2.25. The van der Waals surface area contributed by atoms with Gasteiger partial charge in [-0.3, -0.25) is 10.2 Å². The summed E-state index contributed by atoms with van der Waals surface area (Å²) in [5, 5.41) is 2.84.